The molecule has 0 radical (unpaired) electrons. The molecule has 0 aromatic heterocycles. The lowest BCUT2D eigenvalue weighted by Crippen LogP contribution is -2.13. The standard InChI is InChI=1S/C35H39F3O2/c1-3-5-7-23-40-30-19-16-28(33(36)24-30)13-10-25-8-11-26(12-9-25)31-20-21-32(35(38)34(31)37)27-14-17-29(18-15-27)39-22-6-4-2/h3,10,13-21,24-26H,1,4-9,11-12,22-23H2,2H3/b13-10+. The Morgan fingerprint density at radius 2 is 1.52 bits per heavy atom. The van der Waals surface area contributed by atoms with E-state index in [4.69, 9.17) is 9.47 Å². The van der Waals surface area contributed by atoms with Crippen molar-refractivity contribution >= 4 is 6.08 Å². The third-order valence-corrected chi connectivity index (χ3v) is 7.60. The van der Waals surface area contributed by atoms with E-state index in [1.807, 2.05) is 18.2 Å². The average molecular weight is 549 g/mol. The zero-order valence-corrected chi connectivity index (χ0v) is 23.3. The Hall–Kier alpha value is -3.47. The fraction of sp³-hybridized carbons (Fsp3) is 0.371. The number of halogens is 3. The molecule has 2 nitrogen and oxygen atoms in total. The summed E-state index contributed by atoms with van der Waals surface area (Å²) in [4.78, 5) is 0. The molecule has 0 spiro atoms. The van der Waals surface area contributed by atoms with Crippen LogP contribution in [-0.2, 0) is 0 Å². The van der Waals surface area contributed by atoms with Gasteiger partial charge in [0.1, 0.15) is 17.3 Å². The highest BCUT2D eigenvalue weighted by Crippen LogP contribution is 2.39. The van der Waals surface area contributed by atoms with E-state index in [0.717, 1.165) is 57.1 Å². The summed E-state index contributed by atoms with van der Waals surface area (Å²) in [6.45, 7) is 6.95. The number of ether oxygens (including phenoxy) is 2. The Kier molecular flexibility index (Phi) is 10.9. The molecule has 1 fully saturated rings. The summed E-state index contributed by atoms with van der Waals surface area (Å²) in [6.07, 6.45) is 12.6. The molecule has 3 aromatic carbocycles. The quantitative estimate of drug-likeness (QED) is 0.156. The first-order chi connectivity index (χ1) is 19.5. The Bertz CT molecular complexity index is 1270. The van der Waals surface area contributed by atoms with Crippen LogP contribution in [0, 0.1) is 23.4 Å². The molecular formula is C35H39F3O2. The molecule has 4 rings (SSSR count). The highest BCUT2D eigenvalue weighted by atomic mass is 19.2. The van der Waals surface area contributed by atoms with Gasteiger partial charge in [-0.25, -0.2) is 13.2 Å². The fourth-order valence-electron chi connectivity index (χ4n) is 5.18. The molecule has 0 saturated heterocycles. The van der Waals surface area contributed by atoms with E-state index in [1.165, 1.54) is 6.07 Å². The molecule has 212 valence electrons. The van der Waals surface area contributed by atoms with Crippen LogP contribution in [0.15, 0.2) is 73.3 Å². The van der Waals surface area contributed by atoms with Crippen molar-refractivity contribution in [3.63, 3.8) is 0 Å². The Balaban J connectivity index is 1.33. The molecule has 0 heterocycles. The van der Waals surface area contributed by atoms with Gasteiger partial charge in [-0.3, -0.25) is 0 Å². The molecule has 1 saturated carbocycles. The fourth-order valence-corrected chi connectivity index (χ4v) is 5.18. The van der Waals surface area contributed by atoms with Crippen LogP contribution < -0.4 is 9.47 Å². The molecule has 3 aromatic rings. The highest BCUT2D eigenvalue weighted by Gasteiger charge is 2.26. The topological polar surface area (TPSA) is 18.5 Å². The van der Waals surface area contributed by atoms with Crippen LogP contribution >= 0.6 is 0 Å². The van der Waals surface area contributed by atoms with Gasteiger partial charge in [-0.05, 0) is 92.2 Å². The van der Waals surface area contributed by atoms with Gasteiger partial charge < -0.3 is 9.47 Å². The second-order valence-electron chi connectivity index (χ2n) is 10.5. The van der Waals surface area contributed by atoms with Gasteiger partial charge in [0, 0.05) is 17.2 Å². The lowest BCUT2D eigenvalue weighted by Gasteiger charge is -2.27. The summed E-state index contributed by atoms with van der Waals surface area (Å²) in [6, 6.07) is 15.5. The zero-order valence-electron chi connectivity index (χ0n) is 23.3. The van der Waals surface area contributed by atoms with Crippen molar-refractivity contribution in [1.29, 1.82) is 0 Å². The number of hydrogen-bond acceptors (Lipinski definition) is 2. The minimum absolute atomic E-state index is 0.0307. The zero-order chi connectivity index (χ0) is 28.3. The Morgan fingerprint density at radius 1 is 0.825 bits per heavy atom. The molecule has 40 heavy (non-hydrogen) atoms. The number of rotatable bonds is 13. The van der Waals surface area contributed by atoms with Crippen molar-refractivity contribution in [3.05, 3.63) is 102 Å². The highest BCUT2D eigenvalue weighted by molar-refractivity contribution is 5.65. The maximum absolute atomic E-state index is 15.2. The van der Waals surface area contributed by atoms with Crippen LogP contribution in [0.2, 0.25) is 0 Å². The van der Waals surface area contributed by atoms with Gasteiger partial charge in [-0.2, -0.15) is 0 Å². The van der Waals surface area contributed by atoms with E-state index in [1.54, 1.807) is 48.5 Å². The second kappa shape index (κ2) is 14.8. The van der Waals surface area contributed by atoms with Gasteiger partial charge in [0.2, 0.25) is 0 Å². The Morgan fingerprint density at radius 3 is 2.23 bits per heavy atom. The SMILES string of the molecule is C=CCCCOc1ccc(/C=C/C2CCC(c3ccc(-c4ccc(OCCCC)cc4)c(F)c3F)CC2)c(F)c1. The van der Waals surface area contributed by atoms with E-state index in [2.05, 4.69) is 13.5 Å². The first kappa shape index (κ1) is 29.5. The minimum atomic E-state index is -0.803. The molecule has 1 aliphatic carbocycles. The van der Waals surface area contributed by atoms with Crippen LogP contribution in [0.3, 0.4) is 0 Å². The molecule has 0 unspecified atom stereocenters. The maximum atomic E-state index is 15.2. The summed E-state index contributed by atoms with van der Waals surface area (Å²) < 4.78 is 56.2. The normalized spacial score (nSPS) is 17.2. The minimum Gasteiger partial charge on any atom is -0.494 e. The van der Waals surface area contributed by atoms with Crippen molar-refractivity contribution in [2.75, 3.05) is 13.2 Å². The predicted octanol–water partition coefficient (Wildman–Crippen LogP) is 10.3. The lowest BCUT2D eigenvalue weighted by molar-refractivity contribution is 0.309. The van der Waals surface area contributed by atoms with E-state index in [9.17, 15) is 4.39 Å². The van der Waals surface area contributed by atoms with Gasteiger partial charge in [-0.15, -0.1) is 6.58 Å². The van der Waals surface area contributed by atoms with Gasteiger partial charge in [-0.1, -0.05) is 55.8 Å². The smallest absolute Gasteiger partial charge is 0.166 e. The molecule has 0 atom stereocenters. The van der Waals surface area contributed by atoms with E-state index < -0.39 is 11.6 Å². The Labute approximate surface area is 236 Å². The molecular weight excluding hydrogens is 509 g/mol. The molecule has 0 N–H and O–H groups in total. The molecule has 0 bridgehead atoms. The second-order valence-corrected chi connectivity index (χ2v) is 10.5. The number of allylic oxidation sites excluding steroid dienone is 2. The van der Waals surface area contributed by atoms with Crippen LogP contribution in [0.5, 0.6) is 11.5 Å². The van der Waals surface area contributed by atoms with Gasteiger partial charge in [0.25, 0.3) is 0 Å². The molecule has 1 aliphatic rings. The van der Waals surface area contributed by atoms with Crippen molar-refractivity contribution in [2.24, 2.45) is 5.92 Å². The number of hydrogen-bond donors (Lipinski definition) is 0. The third-order valence-electron chi connectivity index (χ3n) is 7.60. The summed E-state index contributed by atoms with van der Waals surface area (Å²) in [5.41, 5.74) is 1.84. The maximum Gasteiger partial charge on any atom is 0.166 e. The predicted molar refractivity (Wildman–Crippen MR) is 157 cm³/mol. The molecule has 5 heteroatoms. The van der Waals surface area contributed by atoms with Gasteiger partial charge in [0.15, 0.2) is 11.6 Å². The summed E-state index contributed by atoms with van der Waals surface area (Å²) in [5.74, 6) is -0.386. The van der Waals surface area contributed by atoms with Crippen molar-refractivity contribution < 1.29 is 22.6 Å². The van der Waals surface area contributed by atoms with Crippen molar-refractivity contribution in [2.45, 2.75) is 64.2 Å². The molecule has 0 amide bonds. The number of benzene rings is 3. The first-order valence-electron chi connectivity index (χ1n) is 14.4. The third kappa shape index (κ3) is 7.80. The molecule has 0 aliphatic heterocycles. The van der Waals surface area contributed by atoms with Crippen LogP contribution in [0.1, 0.15) is 75.3 Å². The largest absolute Gasteiger partial charge is 0.494 e. The van der Waals surface area contributed by atoms with E-state index in [-0.39, 0.29) is 23.2 Å². The van der Waals surface area contributed by atoms with E-state index >= 15 is 8.78 Å². The monoisotopic (exact) mass is 548 g/mol. The van der Waals surface area contributed by atoms with Crippen LogP contribution in [-0.4, -0.2) is 13.2 Å². The van der Waals surface area contributed by atoms with Crippen LogP contribution in [0.4, 0.5) is 13.2 Å². The van der Waals surface area contributed by atoms with E-state index in [0.29, 0.717) is 35.7 Å². The van der Waals surface area contributed by atoms with Crippen LogP contribution in [0.25, 0.3) is 17.2 Å². The number of unbranched alkanes of at least 4 members (excludes halogenated alkanes) is 2. The van der Waals surface area contributed by atoms with Crippen molar-refractivity contribution in [1.82, 2.24) is 0 Å². The van der Waals surface area contributed by atoms with Crippen molar-refractivity contribution in [3.8, 4) is 22.6 Å². The van der Waals surface area contributed by atoms with Gasteiger partial charge >= 0.3 is 0 Å². The summed E-state index contributed by atoms with van der Waals surface area (Å²) >= 11 is 0. The van der Waals surface area contributed by atoms with Gasteiger partial charge in [0.05, 0.1) is 13.2 Å². The summed E-state index contributed by atoms with van der Waals surface area (Å²) in [7, 11) is 0. The average Bonchev–Trinajstić information content (AvgIpc) is 2.97. The summed E-state index contributed by atoms with van der Waals surface area (Å²) in [5, 5.41) is 0. The lowest BCUT2D eigenvalue weighted by atomic mass is 9.78. The first-order valence-corrected chi connectivity index (χ1v) is 14.4.